The predicted molar refractivity (Wildman–Crippen MR) is 117 cm³/mol. The van der Waals surface area contributed by atoms with Gasteiger partial charge < -0.3 is 4.74 Å². The Balaban J connectivity index is 1.64. The second-order valence-corrected chi connectivity index (χ2v) is 8.22. The molecule has 1 aliphatic heterocycles. The number of anilines is 1. The number of thiazole rings is 1. The highest BCUT2D eigenvalue weighted by Crippen LogP contribution is 2.29. The predicted octanol–water partition coefficient (Wildman–Crippen LogP) is 3.64. The third kappa shape index (κ3) is 4.20. The van der Waals surface area contributed by atoms with E-state index in [1.165, 1.54) is 11.3 Å². The number of rotatable bonds is 6. The Morgan fingerprint density at radius 1 is 1.33 bits per heavy atom. The van der Waals surface area contributed by atoms with Crippen LogP contribution in [0, 0.1) is 0 Å². The first-order valence-corrected chi connectivity index (χ1v) is 11.0. The van der Waals surface area contributed by atoms with Crippen molar-refractivity contribution in [2.24, 2.45) is 0 Å². The summed E-state index contributed by atoms with van der Waals surface area (Å²) in [5.74, 6) is -0.900. The van der Waals surface area contributed by atoms with Crippen LogP contribution in [0.25, 0.3) is 10.9 Å². The SMILES string of the molecule is CCCN1CCc2nc3ccccc3c(C(=O)OC(C)C(=O)Nc3nccs3)c2C1. The molecular weight excluding hydrogens is 400 g/mol. The molecule has 0 aliphatic carbocycles. The molecule has 1 aliphatic rings. The number of aromatic nitrogens is 2. The van der Waals surface area contributed by atoms with Gasteiger partial charge in [-0.15, -0.1) is 11.3 Å². The number of benzene rings is 1. The summed E-state index contributed by atoms with van der Waals surface area (Å²) >= 11 is 1.31. The highest BCUT2D eigenvalue weighted by molar-refractivity contribution is 7.13. The molecule has 1 aromatic carbocycles. The third-order valence-electron chi connectivity index (χ3n) is 5.18. The summed E-state index contributed by atoms with van der Waals surface area (Å²) in [6.07, 6.45) is 2.50. The second-order valence-electron chi connectivity index (χ2n) is 7.33. The molecule has 7 nitrogen and oxygen atoms in total. The van der Waals surface area contributed by atoms with Crippen molar-refractivity contribution in [2.45, 2.75) is 39.3 Å². The van der Waals surface area contributed by atoms with Crippen LogP contribution < -0.4 is 5.32 Å². The Kier molecular flexibility index (Phi) is 6.06. The van der Waals surface area contributed by atoms with Gasteiger partial charge >= 0.3 is 5.97 Å². The van der Waals surface area contributed by atoms with Crippen molar-refractivity contribution in [3.8, 4) is 0 Å². The van der Waals surface area contributed by atoms with Crippen LogP contribution in [-0.4, -0.2) is 45.9 Å². The lowest BCUT2D eigenvalue weighted by molar-refractivity contribution is -0.123. The van der Waals surface area contributed by atoms with E-state index in [-0.39, 0.29) is 0 Å². The third-order valence-corrected chi connectivity index (χ3v) is 5.87. The first-order chi connectivity index (χ1) is 14.6. The quantitative estimate of drug-likeness (QED) is 0.608. The van der Waals surface area contributed by atoms with Crippen LogP contribution in [0.15, 0.2) is 35.8 Å². The number of hydrogen-bond acceptors (Lipinski definition) is 7. The average molecular weight is 425 g/mol. The molecule has 3 aromatic rings. The second kappa shape index (κ2) is 8.89. The first-order valence-electron chi connectivity index (χ1n) is 10.1. The summed E-state index contributed by atoms with van der Waals surface area (Å²) in [4.78, 5) is 36.8. The lowest BCUT2D eigenvalue weighted by Gasteiger charge is -2.29. The van der Waals surface area contributed by atoms with Crippen molar-refractivity contribution in [1.82, 2.24) is 14.9 Å². The molecule has 2 aromatic heterocycles. The highest BCUT2D eigenvalue weighted by atomic mass is 32.1. The molecule has 1 unspecified atom stereocenters. The van der Waals surface area contributed by atoms with Crippen LogP contribution in [-0.2, 0) is 22.5 Å². The van der Waals surface area contributed by atoms with E-state index in [0.717, 1.165) is 48.1 Å². The fraction of sp³-hybridized carbons (Fsp3) is 0.364. The molecular formula is C22H24N4O3S. The summed E-state index contributed by atoms with van der Waals surface area (Å²) in [6.45, 7) is 6.26. The number of fused-ring (bicyclic) bond motifs is 2. The molecule has 8 heteroatoms. The van der Waals surface area contributed by atoms with E-state index < -0.39 is 18.0 Å². The Labute approximate surface area is 179 Å². The lowest BCUT2D eigenvalue weighted by atomic mass is 9.95. The molecule has 0 bridgehead atoms. The van der Waals surface area contributed by atoms with Crippen LogP contribution in [0.1, 0.15) is 41.9 Å². The Hall–Kier alpha value is -2.84. The molecule has 0 spiro atoms. The van der Waals surface area contributed by atoms with Gasteiger partial charge in [0.25, 0.3) is 5.91 Å². The van der Waals surface area contributed by atoms with Crippen LogP contribution in [0.3, 0.4) is 0 Å². The summed E-state index contributed by atoms with van der Waals surface area (Å²) in [5.41, 5.74) is 3.14. The minimum absolute atomic E-state index is 0.405. The van der Waals surface area contributed by atoms with E-state index in [4.69, 9.17) is 9.72 Å². The standard InChI is InChI=1S/C22H24N4O3S/c1-3-10-26-11-8-18-16(13-26)19(15-6-4-5-7-17(15)24-18)21(28)29-14(2)20(27)25-22-23-9-12-30-22/h4-7,9,12,14H,3,8,10-11,13H2,1-2H3,(H,23,25,27). The monoisotopic (exact) mass is 424 g/mol. The number of esters is 1. The smallest absolute Gasteiger partial charge is 0.339 e. The van der Waals surface area contributed by atoms with Crippen molar-refractivity contribution in [3.05, 3.63) is 52.7 Å². The number of carbonyl (C=O) groups is 2. The van der Waals surface area contributed by atoms with Crippen LogP contribution in [0.5, 0.6) is 0 Å². The van der Waals surface area contributed by atoms with Crippen molar-refractivity contribution in [3.63, 3.8) is 0 Å². The minimum atomic E-state index is -0.945. The molecule has 3 heterocycles. The molecule has 0 saturated carbocycles. The zero-order chi connectivity index (χ0) is 21.1. The molecule has 0 saturated heterocycles. The van der Waals surface area contributed by atoms with Crippen molar-refractivity contribution in [2.75, 3.05) is 18.4 Å². The van der Waals surface area contributed by atoms with E-state index in [0.29, 0.717) is 17.2 Å². The summed E-state index contributed by atoms with van der Waals surface area (Å²) in [7, 11) is 0. The van der Waals surface area contributed by atoms with Crippen molar-refractivity contribution < 1.29 is 14.3 Å². The highest BCUT2D eigenvalue weighted by Gasteiger charge is 2.28. The van der Waals surface area contributed by atoms with Gasteiger partial charge in [-0.3, -0.25) is 20.0 Å². The number of ether oxygens (including phenoxy) is 1. The fourth-order valence-corrected chi connectivity index (χ4v) is 4.28. The minimum Gasteiger partial charge on any atom is -0.449 e. The van der Waals surface area contributed by atoms with Crippen LogP contribution in [0.2, 0.25) is 0 Å². The number of pyridine rings is 1. The van der Waals surface area contributed by atoms with Crippen LogP contribution in [0.4, 0.5) is 5.13 Å². The maximum Gasteiger partial charge on any atom is 0.339 e. The number of carbonyl (C=O) groups excluding carboxylic acids is 2. The molecule has 1 amide bonds. The number of para-hydroxylation sites is 1. The number of amides is 1. The van der Waals surface area contributed by atoms with Gasteiger partial charge in [0.05, 0.1) is 11.1 Å². The number of hydrogen-bond donors (Lipinski definition) is 1. The summed E-state index contributed by atoms with van der Waals surface area (Å²) < 4.78 is 5.60. The van der Waals surface area contributed by atoms with E-state index >= 15 is 0 Å². The van der Waals surface area contributed by atoms with Gasteiger partial charge in [0.2, 0.25) is 0 Å². The molecule has 0 fully saturated rings. The van der Waals surface area contributed by atoms with Crippen LogP contribution >= 0.6 is 11.3 Å². The van der Waals surface area contributed by atoms with Gasteiger partial charge in [-0.1, -0.05) is 25.1 Å². The molecule has 156 valence electrons. The molecule has 0 radical (unpaired) electrons. The lowest BCUT2D eigenvalue weighted by Crippen LogP contribution is -2.34. The maximum absolute atomic E-state index is 13.3. The topological polar surface area (TPSA) is 84.4 Å². The van der Waals surface area contributed by atoms with Gasteiger partial charge in [0.15, 0.2) is 11.2 Å². The van der Waals surface area contributed by atoms with E-state index in [1.807, 2.05) is 24.3 Å². The van der Waals surface area contributed by atoms with Gasteiger partial charge in [-0.25, -0.2) is 9.78 Å². The van der Waals surface area contributed by atoms with Gasteiger partial charge in [-0.05, 0) is 26.0 Å². The average Bonchev–Trinajstić information content (AvgIpc) is 3.25. The van der Waals surface area contributed by atoms with Crippen molar-refractivity contribution >= 4 is 39.2 Å². The largest absolute Gasteiger partial charge is 0.449 e. The maximum atomic E-state index is 13.3. The fourth-order valence-electron chi connectivity index (χ4n) is 3.75. The van der Waals surface area contributed by atoms with Gasteiger partial charge in [0, 0.05) is 47.7 Å². The van der Waals surface area contributed by atoms with Crippen molar-refractivity contribution in [1.29, 1.82) is 0 Å². The van der Waals surface area contributed by atoms with Gasteiger partial charge in [0.1, 0.15) is 0 Å². The van der Waals surface area contributed by atoms with E-state index in [1.54, 1.807) is 18.5 Å². The Morgan fingerprint density at radius 3 is 2.93 bits per heavy atom. The Bertz CT molecular complexity index is 1070. The van der Waals surface area contributed by atoms with E-state index in [9.17, 15) is 9.59 Å². The van der Waals surface area contributed by atoms with Gasteiger partial charge in [-0.2, -0.15) is 0 Å². The molecule has 1 atom stereocenters. The molecule has 4 rings (SSSR count). The molecule has 1 N–H and O–H groups in total. The zero-order valence-corrected chi connectivity index (χ0v) is 17.9. The number of nitrogens with zero attached hydrogens (tertiary/aromatic N) is 3. The van der Waals surface area contributed by atoms with E-state index in [2.05, 4.69) is 22.1 Å². The zero-order valence-electron chi connectivity index (χ0n) is 17.1. The number of nitrogens with one attached hydrogen (secondary N) is 1. The Morgan fingerprint density at radius 2 is 2.17 bits per heavy atom. The normalized spacial score (nSPS) is 14.9. The molecule has 30 heavy (non-hydrogen) atoms. The summed E-state index contributed by atoms with van der Waals surface area (Å²) in [6, 6.07) is 7.59. The summed E-state index contributed by atoms with van der Waals surface area (Å²) in [5, 5.41) is 5.67. The first kappa shape index (κ1) is 20.4.